The highest BCUT2D eigenvalue weighted by Gasteiger charge is 2.36. The number of ether oxygens (including phenoxy) is 1. The van der Waals surface area contributed by atoms with E-state index in [1.807, 2.05) is 6.07 Å². The first kappa shape index (κ1) is 26.7. The molecule has 0 bridgehead atoms. The van der Waals surface area contributed by atoms with Gasteiger partial charge in [0.2, 0.25) is 5.95 Å². The van der Waals surface area contributed by atoms with E-state index >= 15 is 8.78 Å². The quantitative estimate of drug-likeness (QED) is 0.295. The van der Waals surface area contributed by atoms with Crippen molar-refractivity contribution in [3.05, 3.63) is 71.7 Å². The van der Waals surface area contributed by atoms with Crippen molar-refractivity contribution in [2.75, 3.05) is 12.4 Å². The number of halogens is 2. The van der Waals surface area contributed by atoms with Crippen LogP contribution in [0.2, 0.25) is 0 Å². The van der Waals surface area contributed by atoms with Crippen molar-refractivity contribution >= 4 is 17.2 Å². The Balaban J connectivity index is 1.32. The van der Waals surface area contributed by atoms with Gasteiger partial charge in [0.1, 0.15) is 11.6 Å². The largest absolute Gasteiger partial charge is 0.385 e. The van der Waals surface area contributed by atoms with E-state index in [4.69, 9.17) is 10.5 Å². The van der Waals surface area contributed by atoms with E-state index in [-0.39, 0.29) is 34.9 Å². The molecule has 2 aliphatic carbocycles. The third kappa shape index (κ3) is 4.74. The predicted octanol–water partition coefficient (Wildman–Crippen LogP) is 5.43. The zero-order chi connectivity index (χ0) is 28.0. The SMILES string of the molecule is CO[C@@H]1[C@H](N)C[C@H](c2ccncc2Nc2ncc3ccc(-c4c(F)cc(C5(O)CCCC5)cc4F)nn23)C[C@@H]1C. The number of methoxy groups -OCH3 is 1. The second-order valence-electron chi connectivity index (χ2n) is 11.3. The summed E-state index contributed by atoms with van der Waals surface area (Å²) in [5.41, 5.74) is 7.91. The average molecular weight is 549 g/mol. The molecule has 4 atom stereocenters. The molecule has 0 spiro atoms. The lowest BCUT2D eigenvalue weighted by Crippen LogP contribution is -2.45. The van der Waals surface area contributed by atoms with Crippen LogP contribution in [0.4, 0.5) is 20.4 Å². The highest BCUT2D eigenvalue weighted by molar-refractivity contribution is 5.66. The molecule has 0 amide bonds. The molecule has 8 nitrogen and oxygen atoms in total. The number of nitrogens with one attached hydrogen (secondary N) is 1. The number of hydrogen-bond donors (Lipinski definition) is 3. The Labute approximate surface area is 231 Å². The van der Waals surface area contributed by atoms with Gasteiger partial charge in [0.05, 0.1) is 46.6 Å². The summed E-state index contributed by atoms with van der Waals surface area (Å²) in [5.74, 6) is -0.631. The second kappa shape index (κ2) is 10.5. The summed E-state index contributed by atoms with van der Waals surface area (Å²) >= 11 is 0. The maximum Gasteiger partial charge on any atom is 0.229 e. The lowest BCUT2D eigenvalue weighted by molar-refractivity contribution is 0.00984. The first-order chi connectivity index (χ1) is 19.3. The van der Waals surface area contributed by atoms with Gasteiger partial charge in [-0.3, -0.25) is 4.98 Å². The van der Waals surface area contributed by atoms with Gasteiger partial charge in [-0.05, 0) is 79.0 Å². The molecule has 4 aromatic rings. The van der Waals surface area contributed by atoms with Crippen molar-refractivity contribution < 1.29 is 18.6 Å². The van der Waals surface area contributed by atoms with Crippen molar-refractivity contribution in [1.82, 2.24) is 19.6 Å². The van der Waals surface area contributed by atoms with Crippen LogP contribution in [0.25, 0.3) is 16.8 Å². The van der Waals surface area contributed by atoms with Crippen LogP contribution in [-0.2, 0) is 10.3 Å². The maximum atomic E-state index is 15.3. The van der Waals surface area contributed by atoms with E-state index in [9.17, 15) is 5.11 Å². The minimum absolute atomic E-state index is 0.0179. The molecule has 0 saturated heterocycles. The number of hydrogen-bond acceptors (Lipinski definition) is 7. The van der Waals surface area contributed by atoms with E-state index in [0.717, 1.165) is 36.9 Å². The smallest absolute Gasteiger partial charge is 0.229 e. The number of imidazole rings is 1. The zero-order valence-corrected chi connectivity index (χ0v) is 22.6. The van der Waals surface area contributed by atoms with Crippen molar-refractivity contribution in [2.24, 2.45) is 11.7 Å². The van der Waals surface area contributed by atoms with Crippen molar-refractivity contribution in [2.45, 2.75) is 69.1 Å². The molecular weight excluding hydrogens is 514 g/mol. The summed E-state index contributed by atoms with van der Waals surface area (Å²) in [6.45, 7) is 2.15. The lowest BCUT2D eigenvalue weighted by atomic mass is 9.74. The summed E-state index contributed by atoms with van der Waals surface area (Å²) in [6, 6.07) is 7.65. The molecule has 3 heterocycles. The predicted molar refractivity (Wildman–Crippen MR) is 148 cm³/mol. The molecule has 0 radical (unpaired) electrons. The van der Waals surface area contributed by atoms with Crippen LogP contribution in [0.15, 0.2) is 48.9 Å². The Morgan fingerprint density at radius 1 is 1.10 bits per heavy atom. The molecule has 6 rings (SSSR count). The molecule has 210 valence electrons. The van der Waals surface area contributed by atoms with E-state index in [0.29, 0.717) is 30.2 Å². The van der Waals surface area contributed by atoms with Gasteiger partial charge in [-0.2, -0.15) is 9.61 Å². The van der Waals surface area contributed by atoms with Crippen molar-refractivity contribution in [3.63, 3.8) is 0 Å². The fourth-order valence-electron chi connectivity index (χ4n) is 6.65. The topological polar surface area (TPSA) is 111 Å². The Morgan fingerprint density at radius 3 is 2.55 bits per heavy atom. The third-order valence-corrected chi connectivity index (χ3v) is 8.66. The Kier molecular flexibility index (Phi) is 7.02. The number of anilines is 2. The molecule has 0 aliphatic heterocycles. The van der Waals surface area contributed by atoms with Crippen LogP contribution < -0.4 is 11.1 Å². The molecule has 0 unspecified atom stereocenters. The fourth-order valence-corrected chi connectivity index (χ4v) is 6.65. The second-order valence-corrected chi connectivity index (χ2v) is 11.3. The molecule has 40 heavy (non-hydrogen) atoms. The third-order valence-electron chi connectivity index (χ3n) is 8.66. The van der Waals surface area contributed by atoms with Crippen LogP contribution in [0.3, 0.4) is 0 Å². The number of benzene rings is 1. The van der Waals surface area contributed by atoms with Gasteiger partial charge in [0.25, 0.3) is 0 Å². The summed E-state index contributed by atoms with van der Waals surface area (Å²) < 4.78 is 37.8. The number of nitrogens with zero attached hydrogens (tertiary/aromatic N) is 4. The number of aliphatic hydroxyl groups is 1. The van der Waals surface area contributed by atoms with Gasteiger partial charge < -0.3 is 20.9 Å². The van der Waals surface area contributed by atoms with Crippen LogP contribution in [0, 0.1) is 17.6 Å². The van der Waals surface area contributed by atoms with Gasteiger partial charge in [0.15, 0.2) is 0 Å². The van der Waals surface area contributed by atoms with Gasteiger partial charge in [-0.1, -0.05) is 19.8 Å². The molecule has 2 aliphatic rings. The Hall–Kier alpha value is -3.47. The summed E-state index contributed by atoms with van der Waals surface area (Å²) in [6.07, 6.45) is 9.50. The van der Waals surface area contributed by atoms with Gasteiger partial charge >= 0.3 is 0 Å². The van der Waals surface area contributed by atoms with Crippen molar-refractivity contribution in [1.29, 1.82) is 0 Å². The molecule has 4 N–H and O–H groups in total. The molecule has 1 aromatic carbocycles. The van der Waals surface area contributed by atoms with E-state index in [1.165, 1.54) is 16.6 Å². The van der Waals surface area contributed by atoms with Gasteiger partial charge in [0, 0.05) is 19.3 Å². The molecule has 2 fully saturated rings. The molecular formula is C30H34F2N6O2. The zero-order valence-electron chi connectivity index (χ0n) is 22.6. The molecule has 2 saturated carbocycles. The number of nitrogens with two attached hydrogens (primary N) is 1. The van der Waals surface area contributed by atoms with Crippen LogP contribution in [0.5, 0.6) is 0 Å². The maximum absolute atomic E-state index is 15.3. The molecule has 3 aromatic heterocycles. The Morgan fingerprint density at radius 2 is 1.85 bits per heavy atom. The molecule has 10 heteroatoms. The summed E-state index contributed by atoms with van der Waals surface area (Å²) in [4.78, 5) is 8.79. The standard InChI is InChI=1S/C30H34F2N6O2/c1-17-11-18(12-24(33)28(17)40-2)21-7-10-34-16-26(21)36-29-35-15-20-5-6-25(37-38(20)29)27-22(31)13-19(14-23(27)32)30(39)8-3-4-9-30/h5-7,10,13-18,24,28,39H,3-4,8-9,11-12,33H2,1-2H3,(H,35,36)/t17-,18+,24+,28-/m0/s1. The normalized spacial score (nSPS) is 24.4. The number of aromatic nitrogens is 4. The van der Waals surface area contributed by atoms with Crippen LogP contribution in [0.1, 0.15) is 62.5 Å². The van der Waals surface area contributed by atoms with Crippen molar-refractivity contribution in [3.8, 4) is 11.3 Å². The summed E-state index contributed by atoms with van der Waals surface area (Å²) in [5, 5.41) is 18.7. The van der Waals surface area contributed by atoms with Crippen LogP contribution in [-0.4, -0.2) is 43.9 Å². The highest BCUT2D eigenvalue weighted by Crippen LogP contribution is 2.41. The summed E-state index contributed by atoms with van der Waals surface area (Å²) in [7, 11) is 1.70. The highest BCUT2D eigenvalue weighted by atomic mass is 19.1. The van der Waals surface area contributed by atoms with E-state index < -0.39 is 17.2 Å². The first-order valence-electron chi connectivity index (χ1n) is 13.8. The van der Waals surface area contributed by atoms with E-state index in [1.54, 1.807) is 37.8 Å². The average Bonchev–Trinajstić information content (AvgIpc) is 3.55. The first-order valence-corrected chi connectivity index (χ1v) is 13.8. The number of rotatable bonds is 6. The van der Waals surface area contributed by atoms with E-state index in [2.05, 4.69) is 27.3 Å². The minimum atomic E-state index is -1.19. The monoisotopic (exact) mass is 548 g/mol. The van der Waals surface area contributed by atoms with Gasteiger partial charge in [-0.25, -0.2) is 13.8 Å². The number of fused-ring (bicyclic) bond motifs is 1. The van der Waals surface area contributed by atoms with Crippen LogP contribution >= 0.6 is 0 Å². The minimum Gasteiger partial charge on any atom is -0.385 e. The Bertz CT molecular complexity index is 1500. The number of pyridine rings is 1. The fraction of sp³-hybridized carbons (Fsp3) is 0.433. The lowest BCUT2D eigenvalue weighted by Gasteiger charge is -2.38. The van der Waals surface area contributed by atoms with Gasteiger partial charge in [-0.15, -0.1) is 0 Å².